The molecule has 3 aromatic rings. The third-order valence-corrected chi connectivity index (χ3v) is 3.80. The Kier molecular flexibility index (Phi) is 7.56. The summed E-state index contributed by atoms with van der Waals surface area (Å²) in [6.45, 7) is 0. The molecule has 0 saturated carbocycles. The van der Waals surface area contributed by atoms with E-state index in [4.69, 9.17) is 0 Å². The first kappa shape index (κ1) is 19.2. The Morgan fingerprint density at radius 1 is 0.818 bits per heavy atom. The van der Waals surface area contributed by atoms with Crippen molar-refractivity contribution in [2.45, 2.75) is 5.92 Å². The zero-order valence-corrected chi connectivity index (χ0v) is 15.9. The van der Waals surface area contributed by atoms with E-state index in [0.29, 0.717) is 5.92 Å². The van der Waals surface area contributed by atoms with Crippen molar-refractivity contribution in [3.05, 3.63) is 78.4 Å². The van der Waals surface area contributed by atoms with Gasteiger partial charge in [-0.05, 0) is 5.92 Å². The van der Waals surface area contributed by atoms with Gasteiger partial charge < -0.3 is 24.8 Å². The van der Waals surface area contributed by atoms with Gasteiger partial charge in [0, 0.05) is 0 Å². The van der Waals surface area contributed by atoms with Crippen LogP contribution in [0.2, 0.25) is 0 Å². The van der Waals surface area contributed by atoms with Crippen LogP contribution >= 0.6 is 0 Å². The first-order valence-electron chi connectivity index (χ1n) is 6.71. The topological polar surface area (TPSA) is 0 Å². The van der Waals surface area contributed by atoms with Gasteiger partial charge in [0.1, 0.15) is 0 Å². The number of rotatable bonds is 1. The average Bonchev–Trinajstić information content (AvgIpc) is 3.16. The van der Waals surface area contributed by atoms with Crippen LogP contribution in [0.5, 0.6) is 0 Å². The predicted octanol–water partition coefficient (Wildman–Crippen LogP) is -1.11. The molecule has 22 heavy (non-hydrogen) atoms. The summed E-state index contributed by atoms with van der Waals surface area (Å²) in [7, 11) is 0. The molecule has 0 N–H and O–H groups in total. The molecule has 0 aromatic heterocycles. The summed E-state index contributed by atoms with van der Waals surface area (Å²) >= 11 is 1.30. The average molecular weight is 405 g/mol. The van der Waals surface area contributed by atoms with E-state index in [1.165, 1.54) is 51.3 Å². The van der Waals surface area contributed by atoms with Crippen molar-refractivity contribution in [3.8, 4) is 0 Å². The molecule has 0 spiro atoms. The molecule has 0 bridgehead atoms. The number of fused-ring (bicyclic) bond motifs is 3. The van der Waals surface area contributed by atoms with E-state index in [1.54, 1.807) is 0 Å². The summed E-state index contributed by atoms with van der Waals surface area (Å²) in [5.41, 5.74) is 1.41. The van der Waals surface area contributed by atoms with Crippen LogP contribution in [0.25, 0.3) is 21.5 Å². The Morgan fingerprint density at radius 2 is 1.45 bits per heavy atom. The molecule has 0 heterocycles. The Bertz CT molecular complexity index is 803. The third-order valence-electron chi connectivity index (χ3n) is 3.80. The van der Waals surface area contributed by atoms with Crippen molar-refractivity contribution in [2.75, 3.05) is 0 Å². The van der Waals surface area contributed by atoms with E-state index in [0.717, 1.165) is 0 Å². The van der Waals surface area contributed by atoms with Crippen LogP contribution in [-0.2, 0) is 24.2 Å². The van der Waals surface area contributed by atoms with E-state index in [2.05, 4.69) is 77.0 Å². The van der Waals surface area contributed by atoms with Crippen molar-refractivity contribution in [1.82, 2.24) is 0 Å². The van der Waals surface area contributed by atoms with Crippen LogP contribution in [0.15, 0.2) is 72.8 Å². The monoisotopic (exact) mass is 403 g/mol. The predicted molar refractivity (Wildman–Crippen MR) is 85.2 cm³/mol. The maximum absolute atomic E-state index is 3.34. The van der Waals surface area contributed by atoms with Gasteiger partial charge in [-0.1, -0.05) is 66.3 Å². The number of hydrogen-bond acceptors (Lipinski definition) is 0. The van der Waals surface area contributed by atoms with E-state index < -0.39 is 0 Å². The number of allylic oxidation sites excluding steroid dienone is 4. The van der Waals surface area contributed by atoms with E-state index >= 15 is 0 Å². The standard InChI is InChI=1S/C18H13.CH2.2ClH.Zr/c1-2-7-13(6-1)15-10-5-11-17-16-9-4-3-8-14(16)12-18(15)17;;;;/h1-13H;1H2;2*1H;/q-1;;;;+2/p-2. The number of benzene rings is 2. The molecular formula is C19H15Cl2Zr-. The molecule has 0 unspecified atom stereocenters. The van der Waals surface area contributed by atoms with Crippen molar-refractivity contribution in [1.29, 1.82) is 0 Å². The zero-order chi connectivity index (χ0) is 13.9. The summed E-state index contributed by atoms with van der Waals surface area (Å²) in [5.74, 6) is 0.436. The molecule has 3 aromatic carbocycles. The molecule has 110 valence electrons. The Balaban J connectivity index is 0.000000583. The minimum absolute atomic E-state index is 0. The van der Waals surface area contributed by atoms with Crippen molar-refractivity contribution in [3.63, 3.8) is 0 Å². The molecule has 0 fully saturated rings. The normalized spacial score (nSPS) is 12.6. The minimum atomic E-state index is 0. The van der Waals surface area contributed by atoms with Gasteiger partial charge in [-0.2, -0.15) is 0 Å². The fourth-order valence-corrected chi connectivity index (χ4v) is 2.93. The first-order chi connectivity index (χ1) is 9.93. The minimum Gasteiger partial charge on any atom is -1.00 e. The van der Waals surface area contributed by atoms with Crippen molar-refractivity contribution < 1.29 is 49.0 Å². The van der Waals surface area contributed by atoms with Gasteiger partial charge in [0.05, 0.1) is 0 Å². The SMILES string of the molecule is C1=CC(c2cccc3c2[cH-]c2ccccc23)C=C1.[CH2]=[Zr+2].[Cl-].[Cl-]. The molecule has 3 heteroatoms. The maximum atomic E-state index is 3.34. The third kappa shape index (κ3) is 3.38. The van der Waals surface area contributed by atoms with Gasteiger partial charge >= 0.3 is 28.4 Å². The van der Waals surface area contributed by atoms with Crippen LogP contribution in [0.4, 0.5) is 0 Å². The summed E-state index contributed by atoms with van der Waals surface area (Å²) in [4.78, 5) is 0. The molecule has 0 aliphatic heterocycles. The van der Waals surface area contributed by atoms with Crippen LogP contribution < -0.4 is 24.8 Å². The fraction of sp³-hybridized carbons (Fsp3) is 0.0526. The smallest absolute Gasteiger partial charge is 1.00 e. The van der Waals surface area contributed by atoms with Gasteiger partial charge in [0.25, 0.3) is 0 Å². The Morgan fingerprint density at radius 3 is 2.18 bits per heavy atom. The zero-order valence-electron chi connectivity index (χ0n) is 12.0. The second-order valence-electron chi connectivity index (χ2n) is 4.84. The molecule has 1 aliphatic carbocycles. The summed E-state index contributed by atoms with van der Waals surface area (Å²) in [6, 6.07) is 17.6. The molecule has 4 rings (SSSR count). The quantitative estimate of drug-likeness (QED) is 0.451. The summed E-state index contributed by atoms with van der Waals surface area (Å²) < 4.78 is 3.34. The second-order valence-corrected chi connectivity index (χ2v) is 4.84. The van der Waals surface area contributed by atoms with Gasteiger partial charge in [-0.25, -0.2) is 0 Å². The van der Waals surface area contributed by atoms with Gasteiger partial charge in [-0.3, -0.25) is 0 Å². The molecule has 1 aliphatic rings. The van der Waals surface area contributed by atoms with Crippen LogP contribution in [0, 0.1) is 0 Å². The fourth-order valence-electron chi connectivity index (χ4n) is 2.93. The van der Waals surface area contributed by atoms with E-state index in [1.807, 2.05) is 0 Å². The second kappa shape index (κ2) is 8.68. The largest absolute Gasteiger partial charge is 1.00 e. The van der Waals surface area contributed by atoms with Crippen molar-refractivity contribution in [2.24, 2.45) is 0 Å². The maximum Gasteiger partial charge on any atom is -1.00 e. The molecule has 0 amide bonds. The van der Waals surface area contributed by atoms with Crippen LogP contribution in [-0.4, -0.2) is 4.21 Å². The molecular weight excluding hydrogens is 390 g/mol. The van der Waals surface area contributed by atoms with E-state index in [9.17, 15) is 0 Å². The first-order valence-corrected chi connectivity index (χ1v) is 8.45. The van der Waals surface area contributed by atoms with E-state index in [-0.39, 0.29) is 24.8 Å². The Hall–Kier alpha value is -0.877. The van der Waals surface area contributed by atoms with Gasteiger partial charge in [0.15, 0.2) is 0 Å². The molecule has 0 saturated heterocycles. The van der Waals surface area contributed by atoms with Gasteiger partial charge in [0.2, 0.25) is 0 Å². The van der Waals surface area contributed by atoms with Crippen LogP contribution in [0.3, 0.4) is 0 Å². The van der Waals surface area contributed by atoms with Crippen molar-refractivity contribution >= 4 is 25.8 Å². The number of hydrogen-bond donors (Lipinski definition) is 0. The number of halogens is 2. The summed E-state index contributed by atoms with van der Waals surface area (Å²) in [5, 5.41) is 5.46. The Labute approximate surface area is 158 Å². The molecule has 0 nitrogen and oxygen atoms in total. The summed E-state index contributed by atoms with van der Waals surface area (Å²) in [6.07, 6.45) is 8.77. The van der Waals surface area contributed by atoms with Crippen LogP contribution in [0.1, 0.15) is 11.5 Å². The molecule has 0 atom stereocenters. The van der Waals surface area contributed by atoms with Gasteiger partial charge in [-0.15, -0.1) is 33.7 Å². The molecule has 0 radical (unpaired) electrons.